The van der Waals surface area contributed by atoms with Crippen molar-refractivity contribution in [2.45, 2.75) is 99.0 Å². The predicted molar refractivity (Wildman–Crippen MR) is 126 cm³/mol. The number of nitrogens with zero attached hydrogens (tertiary/aromatic N) is 2. The Morgan fingerprint density at radius 1 is 1.03 bits per heavy atom. The summed E-state index contributed by atoms with van der Waals surface area (Å²) >= 11 is 0. The number of carbonyl (C=O) groups excluding carboxylic acids is 1. The van der Waals surface area contributed by atoms with Gasteiger partial charge < -0.3 is 14.6 Å². The third kappa shape index (κ3) is 13.0. The number of ether oxygens (including phenoxy) is 1. The Labute approximate surface area is 185 Å². The summed E-state index contributed by atoms with van der Waals surface area (Å²) in [6.45, 7) is 14.8. The van der Waals surface area contributed by atoms with Crippen LogP contribution in [0.3, 0.4) is 0 Å². The number of unbranched alkanes of at least 4 members (excludes halogenated alkanes) is 4. The molecule has 0 saturated carbocycles. The summed E-state index contributed by atoms with van der Waals surface area (Å²) in [6.07, 6.45) is 13.7. The Morgan fingerprint density at radius 3 is 2.40 bits per heavy atom. The zero-order valence-corrected chi connectivity index (χ0v) is 20.3. The van der Waals surface area contributed by atoms with Crippen molar-refractivity contribution in [3.05, 3.63) is 18.2 Å². The fourth-order valence-corrected chi connectivity index (χ4v) is 3.62. The van der Waals surface area contributed by atoms with Crippen LogP contribution in [-0.2, 0) is 16.1 Å². The van der Waals surface area contributed by atoms with Crippen molar-refractivity contribution in [3.63, 3.8) is 0 Å². The molecule has 174 valence electrons. The van der Waals surface area contributed by atoms with Crippen LogP contribution in [-0.4, -0.2) is 35.2 Å². The van der Waals surface area contributed by atoms with Crippen molar-refractivity contribution in [1.82, 2.24) is 14.9 Å². The summed E-state index contributed by atoms with van der Waals surface area (Å²) in [7, 11) is 0. The number of rotatable bonds is 18. The lowest BCUT2D eigenvalue weighted by Crippen LogP contribution is -2.19. The normalized spacial score (nSPS) is 12.6. The lowest BCUT2D eigenvalue weighted by Gasteiger charge is -2.21. The Hall–Kier alpha value is -1.36. The van der Waals surface area contributed by atoms with Gasteiger partial charge in [-0.25, -0.2) is 4.98 Å². The lowest BCUT2D eigenvalue weighted by atomic mass is 9.89. The van der Waals surface area contributed by atoms with Crippen molar-refractivity contribution in [3.8, 4) is 0 Å². The zero-order valence-electron chi connectivity index (χ0n) is 20.3. The molecule has 0 aliphatic heterocycles. The van der Waals surface area contributed by atoms with Crippen LogP contribution in [0.4, 0.5) is 0 Å². The van der Waals surface area contributed by atoms with E-state index in [-0.39, 0.29) is 5.97 Å². The first kappa shape index (κ1) is 26.7. The molecule has 0 aliphatic carbocycles. The van der Waals surface area contributed by atoms with E-state index in [0.29, 0.717) is 30.8 Å². The average Bonchev–Trinajstić information content (AvgIpc) is 3.10. The van der Waals surface area contributed by atoms with E-state index in [2.05, 4.69) is 42.6 Å². The summed E-state index contributed by atoms with van der Waals surface area (Å²) in [5.41, 5.74) is 0. The highest BCUT2D eigenvalue weighted by Crippen LogP contribution is 2.20. The summed E-state index contributed by atoms with van der Waals surface area (Å²) < 4.78 is 7.76. The van der Waals surface area contributed by atoms with Crippen LogP contribution >= 0.6 is 0 Å². The minimum atomic E-state index is -0.0139. The van der Waals surface area contributed by atoms with E-state index in [0.717, 1.165) is 51.1 Å². The molecular formula is C25H47N3O2. The highest BCUT2D eigenvalue weighted by molar-refractivity contribution is 5.69. The summed E-state index contributed by atoms with van der Waals surface area (Å²) in [5, 5.41) is 3.52. The van der Waals surface area contributed by atoms with Gasteiger partial charge in [0.05, 0.1) is 6.61 Å². The second kappa shape index (κ2) is 16.3. The van der Waals surface area contributed by atoms with Crippen molar-refractivity contribution in [2.24, 2.45) is 17.8 Å². The SMILES string of the molecule is Cc1nccn1CCCNCCCCCCCC(=O)OCC(CCC(C)C)C(C)C. The van der Waals surface area contributed by atoms with Gasteiger partial charge in [-0.05, 0) is 63.5 Å². The summed E-state index contributed by atoms with van der Waals surface area (Å²) in [6, 6.07) is 0. The number of aryl methyl sites for hydroxylation is 2. The molecule has 1 heterocycles. The Bertz CT molecular complexity index is 554. The first-order valence-corrected chi connectivity index (χ1v) is 12.2. The molecule has 5 heteroatoms. The number of nitrogens with one attached hydrogen (secondary N) is 1. The number of esters is 1. The van der Waals surface area contributed by atoms with Crippen molar-refractivity contribution in [1.29, 1.82) is 0 Å². The van der Waals surface area contributed by atoms with Gasteiger partial charge in [0.25, 0.3) is 0 Å². The summed E-state index contributed by atoms with van der Waals surface area (Å²) in [4.78, 5) is 16.3. The first-order chi connectivity index (χ1) is 14.4. The van der Waals surface area contributed by atoms with E-state index in [9.17, 15) is 4.79 Å². The molecule has 1 N–H and O–H groups in total. The third-order valence-electron chi connectivity index (χ3n) is 5.93. The van der Waals surface area contributed by atoms with Gasteiger partial charge in [0.15, 0.2) is 0 Å². The Balaban J connectivity index is 1.91. The molecule has 0 aliphatic rings. The average molecular weight is 422 g/mol. The van der Waals surface area contributed by atoms with Gasteiger partial charge in [-0.1, -0.05) is 53.4 Å². The molecule has 1 aromatic heterocycles. The van der Waals surface area contributed by atoms with E-state index in [1.54, 1.807) is 0 Å². The van der Waals surface area contributed by atoms with Crippen LogP contribution in [0.5, 0.6) is 0 Å². The van der Waals surface area contributed by atoms with Crippen LogP contribution in [0.1, 0.15) is 91.3 Å². The largest absolute Gasteiger partial charge is 0.465 e. The second-order valence-electron chi connectivity index (χ2n) is 9.45. The van der Waals surface area contributed by atoms with Gasteiger partial charge in [0.2, 0.25) is 0 Å². The van der Waals surface area contributed by atoms with Crippen LogP contribution < -0.4 is 5.32 Å². The quantitative estimate of drug-likeness (QED) is 0.242. The molecule has 0 fully saturated rings. The molecule has 1 unspecified atom stereocenters. The van der Waals surface area contributed by atoms with E-state index >= 15 is 0 Å². The second-order valence-corrected chi connectivity index (χ2v) is 9.45. The van der Waals surface area contributed by atoms with E-state index in [1.165, 1.54) is 25.7 Å². The van der Waals surface area contributed by atoms with Gasteiger partial charge >= 0.3 is 5.97 Å². The van der Waals surface area contributed by atoms with Crippen LogP contribution in [0, 0.1) is 24.7 Å². The molecule has 0 saturated heterocycles. The fraction of sp³-hybridized carbons (Fsp3) is 0.840. The minimum Gasteiger partial charge on any atom is -0.465 e. The Kier molecular flexibility index (Phi) is 14.5. The van der Waals surface area contributed by atoms with Crippen molar-refractivity contribution < 1.29 is 9.53 Å². The number of hydrogen-bond donors (Lipinski definition) is 1. The number of hydrogen-bond acceptors (Lipinski definition) is 4. The van der Waals surface area contributed by atoms with Gasteiger partial charge in [0, 0.05) is 25.4 Å². The molecule has 5 nitrogen and oxygen atoms in total. The number of carbonyl (C=O) groups is 1. The fourth-order valence-electron chi connectivity index (χ4n) is 3.62. The third-order valence-corrected chi connectivity index (χ3v) is 5.93. The minimum absolute atomic E-state index is 0.0139. The van der Waals surface area contributed by atoms with Gasteiger partial charge in [-0.3, -0.25) is 4.79 Å². The van der Waals surface area contributed by atoms with Crippen molar-refractivity contribution >= 4 is 5.97 Å². The smallest absolute Gasteiger partial charge is 0.305 e. The lowest BCUT2D eigenvalue weighted by molar-refractivity contribution is -0.145. The summed E-state index contributed by atoms with van der Waals surface area (Å²) in [5.74, 6) is 2.85. The topological polar surface area (TPSA) is 56.2 Å². The zero-order chi connectivity index (χ0) is 22.2. The highest BCUT2D eigenvalue weighted by Gasteiger charge is 2.16. The Morgan fingerprint density at radius 2 is 1.73 bits per heavy atom. The molecule has 1 atom stereocenters. The monoisotopic (exact) mass is 421 g/mol. The standard InChI is InChI=1S/C25H47N3O2/c1-21(2)13-14-24(22(3)4)20-30-25(29)12-9-7-6-8-10-15-26-16-11-18-28-19-17-27-23(28)5/h17,19,21-22,24,26H,6-16,18,20H2,1-5H3. The van der Waals surface area contributed by atoms with Gasteiger partial charge in [-0.15, -0.1) is 0 Å². The van der Waals surface area contributed by atoms with Crippen LogP contribution in [0.2, 0.25) is 0 Å². The molecule has 0 amide bonds. The number of aromatic nitrogens is 2. The van der Waals surface area contributed by atoms with Gasteiger partial charge in [-0.2, -0.15) is 0 Å². The molecule has 30 heavy (non-hydrogen) atoms. The molecule has 1 rings (SSSR count). The highest BCUT2D eigenvalue weighted by atomic mass is 16.5. The van der Waals surface area contributed by atoms with Crippen LogP contribution in [0.25, 0.3) is 0 Å². The maximum atomic E-state index is 12.0. The maximum Gasteiger partial charge on any atom is 0.305 e. The molecule has 0 radical (unpaired) electrons. The van der Waals surface area contributed by atoms with E-state index in [4.69, 9.17) is 4.74 Å². The molecule has 0 aromatic carbocycles. The predicted octanol–water partition coefficient (Wildman–Crippen LogP) is 5.76. The van der Waals surface area contributed by atoms with E-state index < -0.39 is 0 Å². The molecule has 1 aromatic rings. The maximum absolute atomic E-state index is 12.0. The van der Waals surface area contributed by atoms with Crippen molar-refractivity contribution in [2.75, 3.05) is 19.7 Å². The first-order valence-electron chi connectivity index (χ1n) is 12.2. The van der Waals surface area contributed by atoms with E-state index in [1.807, 2.05) is 19.3 Å². The molecule has 0 bridgehead atoms. The molecule has 0 spiro atoms. The molecular weight excluding hydrogens is 374 g/mol. The number of imidazole rings is 1. The van der Waals surface area contributed by atoms with Gasteiger partial charge in [0.1, 0.15) is 5.82 Å². The van der Waals surface area contributed by atoms with Crippen LogP contribution in [0.15, 0.2) is 12.4 Å².